The Morgan fingerprint density at radius 1 is 0.963 bits per heavy atom. The minimum Gasteiger partial charge on any atom is -0.377 e. The number of ether oxygens (including phenoxy) is 2. The first-order valence-corrected chi connectivity index (χ1v) is 8.91. The van der Waals surface area contributed by atoms with E-state index in [1.165, 1.54) is 0 Å². The van der Waals surface area contributed by atoms with Crippen LogP contribution in [0, 0.1) is 6.92 Å². The molecule has 0 fully saturated rings. The fourth-order valence-corrected chi connectivity index (χ4v) is 3.27. The van der Waals surface area contributed by atoms with Gasteiger partial charge in [-0.3, -0.25) is 9.59 Å². The third kappa shape index (κ3) is 3.65. The van der Waals surface area contributed by atoms with E-state index in [1.54, 1.807) is 12.1 Å². The maximum atomic E-state index is 12.5. The Hall–Kier alpha value is -2.90. The summed E-state index contributed by atoms with van der Waals surface area (Å²) in [7, 11) is 0. The highest BCUT2D eigenvalue weighted by atomic mass is 16.5. The lowest BCUT2D eigenvalue weighted by Gasteiger charge is -2.09. The van der Waals surface area contributed by atoms with Crippen LogP contribution in [-0.2, 0) is 20.9 Å². The third-order valence-electron chi connectivity index (χ3n) is 4.56. The zero-order valence-electron chi connectivity index (χ0n) is 15.1. The van der Waals surface area contributed by atoms with Crippen LogP contribution >= 0.6 is 0 Å². The number of nitrogens with one attached hydrogen (secondary N) is 3. The molecule has 0 saturated carbocycles. The number of aromatic amines is 1. The number of carbonyl (C=O) groups excluding carboxylic acids is 2. The predicted octanol–water partition coefficient (Wildman–Crippen LogP) is 2.09. The molecule has 2 amide bonds. The predicted molar refractivity (Wildman–Crippen MR) is 101 cm³/mol. The van der Waals surface area contributed by atoms with Gasteiger partial charge in [0.15, 0.2) is 0 Å². The highest BCUT2D eigenvalue weighted by Gasteiger charge is 2.25. The number of hydrogen-bond acceptors (Lipinski definition) is 4. The molecule has 2 bridgehead atoms. The molecular weight excluding hydrogens is 346 g/mol. The van der Waals surface area contributed by atoms with Gasteiger partial charge in [0.1, 0.15) is 0 Å². The van der Waals surface area contributed by atoms with Crippen molar-refractivity contribution in [2.75, 3.05) is 31.7 Å². The fraction of sp³-hybridized carbons (Fsp3) is 0.300. The van der Waals surface area contributed by atoms with Crippen molar-refractivity contribution in [2.45, 2.75) is 13.5 Å². The molecule has 2 aromatic rings. The highest BCUT2D eigenvalue weighted by Crippen LogP contribution is 2.34. The standard InChI is InChI=1S/C20H21N3O4/c1-12-8-16-18(22-12)10-15-14-9-13(2-3-17(14)23-20(15)25)11-27-7-6-26-5-4-21-19(16)24/h2-3,8-10,22H,4-7,11H2,1H3,(H,21,24)(H,23,25)/b15-10-. The zero-order valence-corrected chi connectivity index (χ0v) is 15.1. The van der Waals surface area contributed by atoms with Gasteiger partial charge in [-0.1, -0.05) is 6.07 Å². The number of rotatable bonds is 0. The van der Waals surface area contributed by atoms with Crippen molar-refractivity contribution in [3.05, 3.63) is 52.3 Å². The Bertz CT molecular complexity index is 929. The average molecular weight is 367 g/mol. The van der Waals surface area contributed by atoms with Crippen LogP contribution in [0.5, 0.6) is 0 Å². The molecule has 4 rings (SSSR count). The van der Waals surface area contributed by atoms with E-state index in [4.69, 9.17) is 9.47 Å². The van der Waals surface area contributed by atoms with Crippen molar-refractivity contribution >= 4 is 29.2 Å². The molecule has 3 N–H and O–H groups in total. The number of H-pyrrole nitrogens is 1. The van der Waals surface area contributed by atoms with Gasteiger partial charge in [-0.05, 0) is 36.8 Å². The van der Waals surface area contributed by atoms with Gasteiger partial charge in [0.25, 0.3) is 11.8 Å². The molecule has 0 radical (unpaired) electrons. The van der Waals surface area contributed by atoms with Crippen molar-refractivity contribution < 1.29 is 19.1 Å². The molecule has 2 aliphatic rings. The van der Waals surface area contributed by atoms with Crippen LogP contribution in [0.15, 0.2) is 24.3 Å². The number of hydrogen-bond donors (Lipinski definition) is 3. The van der Waals surface area contributed by atoms with E-state index >= 15 is 0 Å². The Labute approximate surface area is 156 Å². The first-order chi connectivity index (χ1) is 13.1. The first-order valence-electron chi connectivity index (χ1n) is 8.91. The lowest BCUT2D eigenvalue weighted by Crippen LogP contribution is -2.28. The molecule has 27 heavy (non-hydrogen) atoms. The molecule has 0 unspecified atom stereocenters. The van der Waals surface area contributed by atoms with Crippen LogP contribution in [0.2, 0.25) is 0 Å². The third-order valence-corrected chi connectivity index (χ3v) is 4.56. The molecule has 0 spiro atoms. The maximum absolute atomic E-state index is 12.5. The van der Waals surface area contributed by atoms with Gasteiger partial charge in [-0.25, -0.2) is 0 Å². The minimum absolute atomic E-state index is 0.184. The summed E-state index contributed by atoms with van der Waals surface area (Å²) in [6.45, 7) is 4.07. The number of fused-ring (bicyclic) bond motifs is 2. The Morgan fingerprint density at radius 3 is 2.70 bits per heavy atom. The van der Waals surface area contributed by atoms with E-state index in [0.29, 0.717) is 49.8 Å². The van der Waals surface area contributed by atoms with E-state index in [2.05, 4.69) is 15.6 Å². The lowest BCUT2D eigenvalue weighted by molar-refractivity contribution is -0.110. The highest BCUT2D eigenvalue weighted by molar-refractivity contribution is 6.35. The second-order valence-corrected chi connectivity index (χ2v) is 6.59. The fourth-order valence-electron chi connectivity index (χ4n) is 3.27. The zero-order chi connectivity index (χ0) is 18.8. The Morgan fingerprint density at radius 2 is 1.81 bits per heavy atom. The minimum atomic E-state index is -0.203. The van der Waals surface area contributed by atoms with Gasteiger partial charge in [-0.2, -0.15) is 0 Å². The summed E-state index contributed by atoms with van der Waals surface area (Å²) < 4.78 is 11.1. The number of anilines is 1. The molecule has 1 aromatic carbocycles. The topological polar surface area (TPSA) is 92.5 Å². The largest absolute Gasteiger partial charge is 0.377 e. The van der Waals surface area contributed by atoms with Gasteiger partial charge >= 0.3 is 0 Å². The SMILES string of the molecule is Cc1cc2c([nH]1)/C=C1\C(=O)Nc3ccc(cc31)COCCOCCNC2=O. The molecule has 1 aromatic heterocycles. The molecule has 0 aliphatic carbocycles. The molecule has 0 saturated heterocycles. The van der Waals surface area contributed by atoms with Gasteiger partial charge in [-0.15, -0.1) is 0 Å². The van der Waals surface area contributed by atoms with Crippen LogP contribution in [0.3, 0.4) is 0 Å². The van der Waals surface area contributed by atoms with Crippen LogP contribution in [-0.4, -0.2) is 43.2 Å². The summed E-state index contributed by atoms with van der Waals surface area (Å²) in [5.41, 5.74) is 5.03. The quantitative estimate of drug-likeness (QED) is 0.665. The lowest BCUT2D eigenvalue weighted by atomic mass is 10.0. The van der Waals surface area contributed by atoms with Gasteiger partial charge < -0.3 is 25.1 Å². The maximum Gasteiger partial charge on any atom is 0.256 e. The summed E-state index contributed by atoms with van der Waals surface area (Å²) in [5.74, 6) is -0.387. The number of aryl methyl sites for hydroxylation is 1. The molecule has 7 nitrogen and oxygen atoms in total. The summed E-state index contributed by atoms with van der Waals surface area (Å²) in [5, 5.41) is 5.71. The second-order valence-electron chi connectivity index (χ2n) is 6.59. The normalized spacial score (nSPS) is 19.7. The summed E-state index contributed by atoms with van der Waals surface area (Å²) in [4.78, 5) is 28.2. The summed E-state index contributed by atoms with van der Waals surface area (Å²) >= 11 is 0. The van der Waals surface area contributed by atoms with E-state index in [0.717, 1.165) is 22.5 Å². The number of carbonyl (C=O) groups is 2. The van der Waals surface area contributed by atoms with E-state index in [-0.39, 0.29) is 11.8 Å². The molecule has 3 heterocycles. The van der Waals surface area contributed by atoms with Crippen LogP contribution < -0.4 is 10.6 Å². The summed E-state index contributed by atoms with van der Waals surface area (Å²) in [6.07, 6.45) is 1.73. The Kier molecular flexibility index (Phi) is 4.79. The van der Waals surface area contributed by atoms with Gasteiger partial charge in [0, 0.05) is 23.5 Å². The van der Waals surface area contributed by atoms with E-state index in [1.807, 2.05) is 25.1 Å². The van der Waals surface area contributed by atoms with Gasteiger partial charge in [0.05, 0.1) is 43.3 Å². The number of amides is 2. The molecule has 2 aliphatic heterocycles. The number of benzene rings is 1. The molecule has 7 heteroatoms. The van der Waals surface area contributed by atoms with Crippen LogP contribution in [0.25, 0.3) is 11.6 Å². The van der Waals surface area contributed by atoms with Crippen LogP contribution in [0.1, 0.15) is 32.9 Å². The monoisotopic (exact) mass is 367 g/mol. The smallest absolute Gasteiger partial charge is 0.256 e. The van der Waals surface area contributed by atoms with Crippen LogP contribution in [0.4, 0.5) is 5.69 Å². The van der Waals surface area contributed by atoms with Gasteiger partial charge in [0.2, 0.25) is 0 Å². The number of aromatic nitrogens is 1. The molecule has 0 atom stereocenters. The van der Waals surface area contributed by atoms with Crippen molar-refractivity contribution in [3.63, 3.8) is 0 Å². The van der Waals surface area contributed by atoms with Crippen molar-refractivity contribution in [3.8, 4) is 0 Å². The molecular formula is C20H21N3O4. The first kappa shape index (κ1) is 17.5. The van der Waals surface area contributed by atoms with E-state index < -0.39 is 0 Å². The van der Waals surface area contributed by atoms with E-state index in [9.17, 15) is 9.59 Å². The molecule has 140 valence electrons. The van der Waals surface area contributed by atoms with Crippen molar-refractivity contribution in [1.82, 2.24) is 10.3 Å². The Balaban J connectivity index is 1.77. The second kappa shape index (κ2) is 7.38. The summed E-state index contributed by atoms with van der Waals surface area (Å²) in [6, 6.07) is 7.54. The van der Waals surface area contributed by atoms with Crippen molar-refractivity contribution in [2.24, 2.45) is 0 Å². The van der Waals surface area contributed by atoms with Crippen molar-refractivity contribution in [1.29, 1.82) is 0 Å². The average Bonchev–Trinajstić information content (AvgIpc) is 3.16.